The molecular weight excluding hydrogens is 242 g/mol. The molecule has 0 saturated heterocycles. The molecule has 0 heterocycles. The summed E-state index contributed by atoms with van der Waals surface area (Å²) in [4.78, 5) is 62.3. The summed E-state index contributed by atoms with van der Waals surface area (Å²) < 4.78 is 0. The Morgan fingerprint density at radius 3 is 0.786 bits per heavy atom. The summed E-state index contributed by atoms with van der Waals surface area (Å²) in [5.74, 6) is -2.20. The van der Waals surface area contributed by atoms with E-state index < -0.39 is 29.0 Å². The average molecular weight is 252 g/mol. The van der Waals surface area contributed by atoms with E-state index in [4.69, 9.17) is 29.4 Å². The molecule has 86 valence electrons. The summed E-state index contributed by atoms with van der Waals surface area (Å²) in [6.07, 6.45) is 0. The van der Waals surface area contributed by atoms with Crippen molar-refractivity contribution in [3.8, 4) is 0 Å². The molecule has 0 aliphatic heterocycles. The van der Waals surface area contributed by atoms with Gasteiger partial charge in [0, 0.05) is 0 Å². The largest absolute Gasteiger partial charge is 0.361 e. The minimum absolute atomic E-state index is 1.10. The van der Waals surface area contributed by atoms with Gasteiger partial charge in [-0.1, -0.05) is 0 Å². The van der Waals surface area contributed by atoms with Crippen LogP contribution in [0.3, 0.4) is 0 Å². The maximum absolute atomic E-state index is 9.45. The Kier molecular flexibility index (Phi) is 17.2. The number of hydrogen-bond donors (Lipinski definition) is 8. The maximum atomic E-state index is 9.45. The summed E-state index contributed by atoms with van der Waals surface area (Å²) in [6, 6.07) is 0. The lowest BCUT2D eigenvalue weighted by Crippen LogP contribution is -2.29. The van der Waals surface area contributed by atoms with Crippen molar-refractivity contribution in [1.29, 1.82) is 0 Å². The van der Waals surface area contributed by atoms with E-state index in [-0.39, 0.29) is 0 Å². The van der Waals surface area contributed by atoms with Gasteiger partial charge < -0.3 is 40.8 Å². The zero-order chi connectivity index (χ0) is 12.3. The highest BCUT2D eigenvalue weighted by atomic mass is 31.2. The molecule has 0 bridgehead atoms. The van der Waals surface area contributed by atoms with E-state index in [1.807, 2.05) is 0 Å². The van der Waals surface area contributed by atoms with E-state index in [0.29, 0.717) is 0 Å². The van der Waals surface area contributed by atoms with Crippen LogP contribution in [0.4, 0.5) is 0 Å². The molecule has 10 nitrogen and oxygen atoms in total. The van der Waals surface area contributed by atoms with Gasteiger partial charge in [-0.25, -0.2) is 0 Å². The van der Waals surface area contributed by atoms with Gasteiger partial charge in [0.15, 0.2) is 0 Å². The van der Waals surface area contributed by atoms with Gasteiger partial charge in [-0.3, -0.25) is 9.59 Å². The number of carbonyl (C=O) groups is 2. The molecule has 14 heavy (non-hydrogen) atoms. The zero-order valence-corrected chi connectivity index (χ0v) is 8.34. The van der Waals surface area contributed by atoms with Crippen molar-refractivity contribution in [2.45, 2.75) is 0 Å². The number of hydrogen-bond acceptors (Lipinski definition) is 8. The third kappa shape index (κ3) is 102. The van der Waals surface area contributed by atoms with E-state index in [2.05, 4.69) is 11.5 Å². The summed E-state index contributed by atoms with van der Waals surface area (Å²) >= 11 is 0. The Labute approximate surface area is 80.4 Å². The summed E-state index contributed by atoms with van der Waals surface area (Å²) in [7, 11) is -5.24. The number of amides is 2. The molecule has 12 heteroatoms. The molecule has 0 spiro atoms. The van der Waals surface area contributed by atoms with Crippen molar-refractivity contribution in [2.24, 2.45) is 11.5 Å². The van der Waals surface area contributed by atoms with E-state index in [9.17, 15) is 9.59 Å². The van der Waals surface area contributed by atoms with Crippen molar-refractivity contribution in [3.63, 3.8) is 0 Å². The average Bonchev–Trinajstić information content (AvgIpc) is 1.83. The molecule has 10 N–H and O–H groups in total. The molecule has 0 unspecified atom stereocenters. The van der Waals surface area contributed by atoms with Crippen LogP contribution in [0.5, 0.6) is 0 Å². The van der Waals surface area contributed by atoms with Crippen LogP contribution in [-0.4, -0.2) is 41.2 Å². The summed E-state index contributed by atoms with van der Waals surface area (Å²) in [5, 5.41) is 0. The molecule has 0 rings (SSSR count). The van der Waals surface area contributed by atoms with Crippen LogP contribution < -0.4 is 11.5 Å². The Hall–Kier alpha value is -0.440. The Balaban J connectivity index is -0.000000135. The Morgan fingerprint density at radius 2 is 0.786 bits per heavy atom. The molecular formula is C2H10N2O8P2. The Morgan fingerprint density at radius 1 is 0.714 bits per heavy atom. The van der Waals surface area contributed by atoms with Gasteiger partial charge in [-0.05, 0) is 0 Å². The van der Waals surface area contributed by atoms with Crippen LogP contribution in [0.1, 0.15) is 0 Å². The highest BCUT2D eigenvalue weighted by Gasteiger charge is 1.96. The lowest BCUT2D eigenvalue weighted by molar-refractivity contribution is -0.135. The maximum Gasteiger partial charge on any atom is 0.324 e. The van der Waals surface area contributed by atoms with Crippen molar-refractivity contribution >= 4 is 29.0 Å². The van der Waals surface area contributed by atoms with Crippen LogP contribution in [0, 0.1) is 0 Å². The quantitative estimate of drug-likeness (QED) is 0.159. The summed E-state index contributed by atoms with van der Waals surface area (Å²) in [6.45, 7) is 0. The molecule has 0 aromatic rings. The fourth-order valence-electron chi connectivity index (χ4n) is 0. The first-order chi connectivity index (χ1) is 6.11. The van der Waals surface area contributed by atoms with Crippen LogP contribution in [0.2, 0.25) is 0 Å². The van der Waals surface area contributed by atoms with Crippen LogP contribution >= 0.6 is 17.2 Å². The lowest BCUT2D eigenvalue weighted by atomic mass is 10.6. The van der Waals surface area contributed by atoms with Gasteiger partial charge in [0.2, 0.25) is 0 Å². The second kappa shape index (κ2) is 12.6. The number of carbonyl (C=O) groups excluding carboxylic acids is 2. The smallest absolute Gasteiger partial charge is 0.324 e. The predicted molar refractivity (Wildman–Crippen MR) is 45.5 cm³/mol. The SMILES string of the molecule is NC(=O)C(N)=O.OP(O)O.OP(O)O. The molecule has 0 fully saturated rings. The van der Waals surface area contributed by atoms with Crippen LogP contribution in [-0.2, 0) is 9.59 Å². The van der Waals surface area contributed by atoms with Gasteiger partial charge in [0.1, 0.15) is 0 Å². The molecule has 2 amide bonds. The van der Waals surface area contributed by atoms with Crippen molar-refractivity contribution in [3.05, 3.63) is 0 Å². The molecule has 0 atom stereocenters. The lowest BCUT2D eigenvalue weighted by Gasteiger charge is -1.76. The topological polar surface area (TPSA) is 208 Å². The van der Waals surface area contributed by atoms with E-state index in [0.717, 1.165) is 0 Å². The second-order valence-electron chi connectivity index (χ2n) is 1.27. The van der Waals surface area contributed by atoms with Gasteiger partial charge in [0.25, 0.3) is 0 Å². The molecule has 0 aromatic heterocycles. The minimum Gasteiger partial charge on any atom is -0.361 e. The fourth-order valence-corrected chi connectivity index (χ4v) is 0. The normalized spacial score (nSPS) is 8.29. The monoisotopic (exact) mass is 252 g/mol. The van der Waals surface area contributed by atoms with Gasteiger partial charge in [0.05, 0.1) is 0 Å². The zero-order valence-electron chi connectivity index (χ0n) is 6.55. The molecule has 0 saturated carbocycles. The van der Waals surface area contributed by atoms with Gasteiger partial charge >= 0.3 is 29.0 Å². The summed E-state index contributed by atoms with van der Waals surface area (Å²) in [5.41, 5.74) is 8.64. The first-order valence-electron chi connectivity index (χ1n) is 2.44. The van der Waals surface area contributed by atoms with Crippen LogP contribution in [0.15, 0.2) is 0 Å². The number of rotatable bonds is 0. The predicted octanol–water partition coefficient (Wildman–Crippen LogP) is -3.66. The molecule has 0 aliphatic rings. The van der Waals surface area contributed by atoms with Crippen molar-refractivity contribution < 1.29 is 38.9 Å². The minimum atomic E-state index is -2.62. The van der Waals surface area contributed by atoms with E-state index >= 15 is 0 Å². The first-order valence-corrected chi connectivity index (χ1v) is 4.84. The van der Waals surface area contributed by atoms with Crippen molar-refractivity contribution in [2.75, 3.05) is 0 Å². The van der Waals surface area contributed by atoms with Gasteiger partial charge in [-0.2, -0.15) is 0 Å². The van der Waals surface area contributed by atoms with E-state index in [1.165, 1.54) is 0 Å². The van der Waals surface area contributed by atoms with Crippen LogP contribution in [0.25, 0.3) is 0 Å². The Bertz CT molecular complexity index is 138. The fraction of sp³-hybridized carbons (Fsp3) is 0. The first kappa shape index (κ1) is 19.2. The molecule has 0 aromatic carbocycles. The molecule has 0 aliphatic carbocycles. The van der Waals surface area contributed by atoms with Crippen molar-refractivity contribution in [1.82, 2.24) is 0 Å². The third-order valence-electron chi connectivity index (χ3n) is 0.243. The second-order valence-corrected chi connectivity index (χ2v) is 2.34. The third-order valence-corrected chi connectivity index (χ3v) is 0.243. The highest BCUT2D eigenvalue weighted by molar-refractivity contribution is 7.38. The highest BCUT2D eigenvalue weighted by Crippen LogP contribution is 2.12. The molecule has 0 radical (unpaired) electrons. The number of nitrogens with two attached hydrogens (primary N) is 2. The van der Waals surface area contributed by atoms with E-state index in [1.54, 1.807) is 0 Å². The van der Waals surface area contributed by atoms with Gasteiger partial charge in [-0.15, -0.1) is 0 Å². The number of primary amides is 2. The standard InChI is InChI=1S/C2H4N2O2.2H3O3P/c3-1(5)2(4)6;2*1-4(2)3/h(H2,3,5)(H2,4,6);2*1-3H.